The van der Waals surface area contributed by atoms with Gasteiger partial charge >= 0.3 is 0 Å². The third-order valence-corrected chi connectivity index (χ3v) is 3.50. The topological polar surface area (TPSA) is 24.9 Å². The number of hydrogen-bond acceptors (Lipinski definition) is 2. The van der Waals surface area contributed by atoms with Crippen LogP contribution in [0.4, 0.5) is 8.78 Å². The minimum absolute atomic E-state index is 0.337. The lowest BCUT2D eigenvalue weighted by Gasteiger charge is -2.22. The van der Waals surface area contributed by atoms with Crippen LogP contribution in [0.2, 0.25) is 0 Å². The van der Waals surface area contributed by atoms with Gasteiger partial charge in [-0.15, -0.1) is 0 Å². The first kappa shape index (κ1) is 15.6. The van der Waals surface area contributed by atoms with Crippen LogP contribution in [-0.2, 0) is 6.42 Å². The summed E-state index contributed by atoms with van der Waals surface area (Å²) < 4.78 is 27.7. The number of aryl methyl sites for hydroxylation is 1. The van der Waals surface area contributed by atoms with E-state index in [2.05, 4.69) is 10.3 Å². The van der Waals surface area contributed by atoms with E-state index in [0.29, 0.717) is 5.56 Å². The average Bonchev–Trinajstić information content (AvgIpc) is 2.51. The van der Waals surface area contributed by atoms with Crippen LogP contribution in [0.1, 0.15) is 43.0 Å². The van der Waals surface area contributed by atoms with Crippen molar-refractivity contribution in [1.82, 2.24) is 10.3 Å². The van der Waals surface area contributed by atoms with Crippen LogP contribution in [-0.4, -0.2) is 11.5 Å². The Kier molecular flexibility index (Phi) is 5.39. The summed E-state index contributed by atoms with van der Waals surface area (Å²) in [5.41, 5.74) is 2.32. The van der Waals surface area contributed by atoms with Crippen molar-refractivity contribution in [2.24, 2.45) is 0 Å². The first-order valence-electron chi connectivity index (χ1n) is 7.28. The molecule has 0 spiro atoms. The van der Waals surface area contributed by atoms with E-state index in [1.165, 1.54) is 12.1 Å². The van der Waals surface area contributed by atoms with E-state index in [1.807, 2.05) is 19.9 Å². The molecule has 4 heteroatoms. The standard InChI is InChI=1S/C17H20F2N2/c1-3-8-21-17(14-7-9-20-11-12(14)4-2)15-10-13(18)5-6-16(15)19/h5-7,9-11,17,21H,3-4,8H2,1-2H3. The molecule has 2 nitrogen and oxygen atoms in total. The van der Waals surface area contributed by atoms with Crippen molar-refractivity contribution < 1.29 is 8.78 Å². The normalized spacial score (nSPS) is 12.4. The monoisotopic (exact) mass is 290 g/mol. The summed E-state index contributed by atoms with van der Waals surface area (Å²) in [6.07, 6.45) is 5.18. The van der Waals surface area contributed by atoms with Gasteiger partial charge in [0.25, 0.3) is 0 Å². The van der Waals surface area contributed by atoms with Gasteiger partial charge in [-0.3, -0.25) is 4.98 Å². The van der Waals surface area contributed by atoms with Gasteiger partial charge in [0.15, 0.2) is 0 Å². The second-order valence-electron chi connectivity index (χ2n) is 4.98. The van der Waals surface area contributed by atoms with Crippen LogP contribution in [0, 0.1) is 11.6 Å². The molecule has 1 N–H and O–H groups in total. The summed E-state index contributed by atoms with van der Waals surface area (Å²) in [6, 6.07) is 5.10. The summed E-state index contributed by atoms with van der Waals surface area (Å²) >= 11 is 0. The highest BCUT2D eigenvalue weighted by Gasteiger charge is 2.20. The van der Waals surface area contributed by atoms with Gasteiger partial charge in [-0.05, 0) is 54.8 Å². The molecule has 0 fully saturated rings. The second kappa shape index (κ2) is 7.27. The van der Waals surface area contributed by atoms with Crippen LogP contribution in [0.25, 0.3) is 0 Å². The minimum atomic E-state index is -0.429. The molecule has 21 heavy (non-hydrogen) atoms. The fraction of sp³-hybridized carbons (Fsp3) is 0.353. The van der Waals surface area contributed by atoms with E-state index in [4.69, 9.17) is 0 Å². The number of pyridine rings is 1. The highest BCUT2D eigenvalue weighted by molar-refractivity contribution is 5.36. The molecule has 1 unspecified atom stereocenters. The van der Waals surface area contributed by atoms with Gasteiger partial charge < -0.3 is 5.32 Å². The van der Waals surface area contributed by atoms with Crippen molar-refractivity contribution in [3.63, 3.8) is 0 Å². The number of aromatic nitrogens is 1. The SMILES string of the molecule is CCCNC(c1cc(F)ccc1F)c1ccncc1CC. The molecule has 0 aliphatic rings. The van der Waals surface area contributed by atoms with Crippen LogP contribution >= 0.6 is 0 Å². The van der Waals surface area contributed by atoms with Crippen molar-refractivity contribution in [3.8, 4) is 0 Å². The molecule has 0 radical (unpaired) electrons. The Morgan fingerprint density at radius 2 is 1.95 bits per heavy atom. The molecular weight excluding hydrogens is 270 g/mol. The molecule has 0 aliphatic heterocycles. The van der Waals surface area contributed by atoms with Gasteiger partial charge in [0.1, 0.15) is 11.6 Å². The van der Waals surface area contributed by atoms with Gasteiger partial charge in [-0.25, -0.2) is 8.78 Å². The Bertz CT molecular complexity index is 599. The lowest BCUT2D eigenvalue weighted by molar-refractivity contribution is 0.533. The maximum absolute atomic E-state index is 14.1. The molecule has 1 heterocycles. The molecular formula is C17H20F2N2. The molecule has 1 aromatic carbocycles. The molecule has 0 aliphatic carbocycles. The Morgan fingerprint density at radius 3 is 2.67 bits per heavy atom. The van der Waals surface area contributed by atoms with Crippen LogP contribution in [0.5, 0.6) is 0 Å². The Balaban J connectivity index is 2.49. The molecule has 0 amide bonds. The zero-order chi connectivity index (χ0) is 15.2. The number of nitrogens with one attached hydrogen (secondary N) is 1. The van der Waals surface area contributed by atoms with Crippen molar-refractivity contribution in [2.75, 3.05) is 6.54 Å². The van der Waals surface area contributed by atoms with Gasteiger partial charge in [0.2, 0.25) is 0 Å². The predicted molar refractivity (Wildman–Crippen MR) is 80.1 cm³/mol. The summed E-state index contributed by atoms with van der Waals surface area (Å²) in [7, 11) is 0. The molecule has 0 bridgehead atoms. The first-order chi connectivity index (χ1) is 10.2. The number of halogens is 2. The van der Waals surface area contributed by atoms with Crippen molar-refractivity contribution in [3.05, 3.63) is 65.0 Å². The number of rotatable bonds is 6. The molecule has 1 aromatic heterocycles. The van der Waals surface area contributed by atoms with E-state index >= 15 is 0 Å². The molecule has 1 atom stereocenters. The second-order valence-corrected chi connectivity index (χ2v) is 4.98. The average molecular weight is 290 g/mol. The van der Waals surface area contributed by atoms with E-state index in [0.717, 1.165) is 36.6 Å². The lowest BCUT2D eigenvalue weighted by Crippen LogP contribution is -2.25. The van der Waals surface area contributed by atoms with Crippen molar-refractivity contribution >= 4 is 0 Å². The maximum Gasteiger partial charge on any atom is 0.128 e. The summed E-state index contributed by atoms with van der Waals surface area (Å²) in [5.74, 6) is -0.828. The summed E-state index contributed by atoms with van der Waals surface area (Å²) in [4.78, 5) is 4.12. The highest BCUT2D eigenvalue weighted by Crippen LogP contribution is 2.27. The Hall–Kier alpha value is -1.81. The van der Waals surface area contributed by atoms with Crippen LogP contribution < -0.4 is 5.32 Å². The molecule has 2 rings (SSSR count). The third kappa shape index (κ3) is 3.64. The van der Waals surface area contributed by atoms with E-state index in [1.54, 1.807) is 12.4 Å². The zero-order valence-corrected chi connectivity index (χ0v) is 12.4. The Morgan fingerprint density at radius 1 is 1.14 bits per heavy atom. The van der Waals surface area contributed by atoms with E-state index in [-0.39, 0.29) is 6.04 Å². The number of hydrogen-bond donors (Lipinski definition) is 1. The predicted octanol–water partition coefficient (Wildman–Crippen LogP) is 4.01. The minimum Gasteiger partial charge on any atom is -0.306 e. The van der Waals surface area contributed by atoms with Crippen molar-refractivity contribution in [2.45, 2.75) is 32.7 Å². The van der Waals surface area contributed by atoms with Crippen LogP contribution in [0.3, 0.4) is 0 Å². The first-order valence-corrected chi connectivity index (χ1v) is 7.28. The maximum atomic E-state index is 14.1. The molecule has 112 valence electrons. The number of benzene rings is 1. The third-order valence-electron chi connectivity index (χ3n) is 3.50. The van der Waals surface area contributed by atoms with E-state index in [9.17, 15) is 8.78 Å². The largest absolute Gasteiger partial charge is 0.306 e. The molecule has 2 aromatic rings. The smallest absolute Gasteiger partial charge is 0.128 e. The molecule has 0 saturated heterocycles. The van der Waals surface area contributed by atoms with E-state index < -0.39 is 11.6 Å². The van der Waals surface area contributed by atoms with Gasteiger partial charge in [-0.2, -0.15) is 0 Å². The fourth-order valence-corrected chi connectivity index (χ4v) is 2.43. The fourth-order valence-electron chi connectivity index (χ4n) is 2.43. The quantitative estimate of drug-likeness (QED) is 0.869. The van der Waals surface area contributed by atoms with Crippen LogP contribution in [0.15, 0.2) is 36.7 Å². The van der Waals surface area contributed by atoms with Gasteiger partial charge in [-0.1, -0.05) is 13.8 Å². The molecule has 0 saturated carbocycles. The van der Waals surface area contributed by atoms with Gasteiger partial charge in [0, 0.05) is 18.0 Å². The van der Waals surface area contributed by atoms with Crippen molar-refractivity contribution in [1.29, 1.82) is 0 Å². The Labute approximate surface area is 124 Å². The van der Waals surface area contributed by atoms with Gasteiger partial charge in [0.05, 0.1) is 6.04 Å². The summed E-state index contributed by atoms with van der Waals surface area (Å²) in [5, 5.41) is 3.31. The lowest BCUT2D eigenvalue weighted by atomic mass is 9.94. The number of nitrogens with zero attached hydrogens (tertiary/aromatic N) is 1. The zero-order valence-electron chi connectivity index (χ0n) is 12.4. The highest BCUT2D eigenvalue weighted by atomic mass is 19.1. The summed E-state index contributed by atoms with van der Waals surface area (Å²) in [6.45, 7) is 4.80.